The fourth-order valence-corrected chi connectivity index (χ4v) is 3.70. The van der Waals surface area contributed by atoms with E-state index in [0.29, 0.717) is 29.5 Å². The average Bonchev–Trinajstić information content (AvgIpc) is 2.54. The van der Waals surface area contributed by atoms with Crippen LogP contribution in [0, 0.1) is 0 Å². The monoisotopic (exact) mass is 349 g/mol. The quantitative estimate of drug-likeness (QED) is 0.637. The van der Waals surface area contributed by atoms with Crippen LogP contribution >= 0.6 is 0 Å². The molecule has 2 rings (SSSR count). The van der Waals surface area contributed by atoms with Crippen LogP contribution in [-0.4, -0.2) is 34.0 Å². The number of hydrogen-bond donors (Lipinski definition) is 3. The van der Waals surface area contributed by atoms with Gasteiger partial charge in [-0.15, -0.1) is 0 Å². The molecule has 6 nitrogen and oxygen atoms in total. The Morgan fingerprint density at radius 1 is 1.00 bits per heavy atom. The first-order valence-electron chi connectivity index (χ1n) is 7.95. The minimum Gasteiger partial charge on any atom is -0.326 e. The number of sulfonamides is 1. The molecule has 0 atom stereocenters. The smallest absolute Gasteiger partial charge is 0.241 e. The predicted molar refractivity (Wildman–Crippen MR) is 96.6 cm³/mol. The third-order valence-corrected chi connectivity index (χ3v) is 5.02. The molecular weight excluding hydrogens is 326 g/mol. The van der Waals surface area contributed by atoms with Gasteiger partial charge in [0.1, 0.15) is 0 Å². The molecule has 2 aromatic carbocycles. The highest BCUT2D eigenvalue weighted by Gasteiger charge is 2.18. The van der Waals surface area contributed by atoms with Crippen molar-refractivity contribution in [2.75, 3.05) is 25.0 Å². The molecule has 130 valence electrons. The first kappa shape index (κ1) is 18.4. The first-order valence-corrected chi connectivity index (χ1v) is 9.43. The Bertz CT molecular complexity index is 819. The maximum atomic E-state index is 12.6. The SMILES string of the molecule is CCCNCCNS(=O)(=O)c1ccc(NC(C)=O)c2ccccc12. The summed E-state index contributed by atoms with van der Waals surface area (Å²) in [4.78, 5) is 11.5. The van der Waals surface area contributed by atoms with Crippen molar-refractivity contribution in [3.63, 3.8) is 0 Å². The van der Waals surface area contributed by atoms with Crippen molar-refractivity contribution in [2.45, 2.75) is 25.2 Å². The van der Waals surface area contributed by atoms with Gasteiger partial charge in [-0.1, -0.05) is 31.2 Å². The highest BCUT2D eigenvalue weighted by molar-refractivity contribution is 7.89. The van der Waals surface area contributed by atoms with E-state index in [1.54, 1.807) is 24.3 Å². The lowest BCUT2D eigenvalue weighted by Gasteiger charge is -2.13. The fraction of sp³-hybridized carbons (Fsp3) is 0.353. The van der Waals surface area contributed by atoms with E-state index in [2.05, 4.69) is 22.3 Å². The van der Waals surface area contributed by atoms with Crippen molar-refractivity contribution in [1.82, 2.24) is 10.0 Å². The van der Waals surface area contributed by atoms with Gasteiger partial charge in [0, 0.05) is 36.5 Å². The molecule has 0 bridgehead atoms. The second-order valence-corrected chi connectivity index (χ2v) is 7.22. The third-order valence-electron chi connectivity index (χ3n) is 3.50. The van der Waals surface area contributed by atoms with Crippen molar-refractivity contribution >= 4 is 32.4 Å². The highest BCUT2D eigenvalue weighted by atomic mass is 32.2. The minimum atomic E-state index is -3.62. The molecule has 0 aliphatic rings. The van der Waals surface area contributed by atoms with Gasteiger partial charge in [0.05, 0.1) is 4.90 Å². The lowest BCUT2D eigenvalue weighted by atomic mass is 10.1. The van der Waals surface area contributed by atoms with Crippen LogP contribution in [0.1, 0.15) is 20.3 Å². The summed E-state index contributed by atoms with van der Waals surface area (Å²) >= 11 is 0. The van der Waals surface area contributed by atoms with E-state index < -0.39 is 10.0 Å². The summed E-state index contributed by atoms with van der Waals surface area (Å²) in [6.45, 7) is 5.24. The van der Waals surface area contributed by atoms with Crippen LogP contribution in [0.3, 0.4) is 0 Å². The van der Waals surface area contributed by atoms with Crippen molar-refractivity contribution in [3.05, 3.63) is 36.4 Å². The molecule has 0 aliphatic heterocycles. The van der Waals surface area contributed by atoms with E-state index in [4.69, 9.17) is 0 Å². The summed E-state index contributed by atoms with van der Waals surface area (Å²) in [5.74, 6) is -0.198. The topological polar surface area (TPSA) is 87.3 Å². The molecular formula is C17H23N3O3S. The lowest BCUT2D eigenvalue weighted by molar-refractivity contribution is -0.114. The summed E-state index contributed by atoms with van der Waals surface area (Å²) < 4.78 is 27.8. The minimum absolute atomic E-state index is 0.198. The van der Waals surface area contributed by atoms with Crippen LogP contribution in [0.5, 0.6) is 0 Å². The van der Waals surface area contributed by atoms with Crippen LogP contribution in [0.15, 0.2) is 41.3 Å². The molecule has 7 heteroatoms. The number of benzene rings is 2. The average molecular weight is 349 g/mol. The second kappa shape index (κ2) is 8.23. The van der Waals surface area contributed by atoms with Crippen molar-refractivity contribution in [1.29, 1.82) is 0 Å². The summed E-state index contributed by atoms with van der Waals surface area (Å²) in [6, 6.07) is 10.3. The molecule has 0 saturated carbocycles. The molecule has 1 amide bonds. The van der Waals surface area contributed by atoms with Crippen molar-refractivity contribution in [2.24, 2.45) is 0 Å². The van der Waals surface area contributed by atoms with Crippen molar-refractivity contribution in [3.8, 4) is 0 Å². The van der Waals surface area contributed by atoms with Crippen LogP contribution in [0.2, 0.25) is 0 Å². The number of carbonyl (C=O) groups is 1. The molecule has 0 aromatic heterocycles. The number of rotatable bonds is 8. The standard InChI is InChI=1S/C17H23N3O3S/c1-3-10-18-11-12-19-24(22,23)17-9-8-16(20-13(2)21)14-6-4-5-7-15(14)17/h4-9,18-19H,3,10-12H2,1-2H3,(H,20,21). The Hall–Kier alpha value is -1.96. The van der Waals surface area contributed by atoms with Crippen LogP contribution in [0.4, 0.5) is 5.69 Å². The summed E-state index contributed by atoms with van der Waals surface area (Å²) in [6.07, 6.45) is 1.00. The number of fused-ring (bicyclic) bond motifs is 1. The van der Waals surface area contributed by atoms with Crippen LogP contribution < -0.4 is 15.4 Å². The van der Waals surface area contributed by atoms with Gasteiger partial charge in [0.15, 0.2) is 0 Å². The normalized spacial score (nSPS) is 11.6. The fourth-order valence-electron chi connectivity index (χ4n) is 2.46. The van der Waals surface area contributed by atoms with E-state index >= 15 is 0 Å². The van der Waals surface area contributed by atoms with E-state index in [1.807, 2.05) is 6.07 Å². The molecule has 24 heavy (non-hydrogen) atoms. The Kier molecular flexibility index (Phi) is 6.30. The largest absolute Gasteiger partial charge is 0.326 e. The van der Waals surface area contributed by atoms with Gasteiger partial charge in [0.25, 0.3) is 0 Å². The van der Waals surface area contributed by atoms with E-state index in [0.717, 1.165) is 13.0 Å². The molecule has 0 fully saturated rings. The van der Waals surface area contributed by atoms with Gasteiger partial charge in [-0.05, 0) is 25.1 Å². The maximum Gasteiger partial charge on any atom is 0.241 e. The number of anilines is 1. The Balaban J connectivity index is 2.30. The molecule has 0 unspecified atom stereocenters. The molecule has 0 aliphatic carbocycles. The third kappa shape index (κ3) is 4.53. The van der Waals surface area contributed by atoms with E-state index in [9.17, 15) is 13.2 Å². The van der Waals surface area contributed by atoms with Crippen molar-refractivity contribution < 1.29 is 13.2 Å². The Morgan fingerprint density at radius 3 is 2.38 bits per heavy atom. The molecule has 0 saturated heterocycles. The van der Waals surface area contributed by atoms with E-state index in [-0.39, 0.29) is 10.8 Å². The number of carbonyl (C=O) groups excluding carboxylic acids is 1. The van der Waals surface area contributed by atoms with Gasteiger partial charge in [-0.25, -0.2) is 13.1 Å². The van der Waals surface area contributed by atoms with E-state index in [1.165, 1.54) is 13.0 Å². The lowest BCUT2D eigenvalue weighted by Crippen LogP contribution is -2.32. The first-order chi connectivity index (χ1) is 11.5. The molecule has 0 spiro atoms. The van der Waals surface area contributed by atoms with Gasteiger partial charge >= 0.3 is 0 Å². The zero-order valence-electron chi connectivity index (χ0n) is 13.9. The Labute approximate surface area is 142 Å². The van der Waals surface area contributed by atoms with Gasteiger partial charge in [-0.2, -0.15) is 0 Å². The van der Waals surface area contributed by atoms with Gasteiger partial charge < -0.3 is 10.6 Å². The summed E-state index contributed by atoms with van der Waals surface area (Å²) in [5, 5.41) is 7.16. The van der Waals surface area contributed by atoms with Gasteiger partial charge in [0.2, 0.25) is 15.9 Å². The Morgan fingerprint density at radius 2 is 1.71 bits per heavy atom. The maximum absolute atomic E-state index is 12.6. The zero-order valence-corrected chi connectivity index (χ0v) is 14.7. The molecule has 0 radical (unpaired) electrons. The number of nitrogens with one attached hydrogen (secondary N) is 3. The predicted octanol–water partition coefficient (Wildman–Crippen LogP) is 2.08. The molecule has 0 heterocycles. The number of amides is 1. The summed E-state index contributed by atoms with van der Waals surface area (Å²) in [7, 11) is -3.62. The molecule has 3 N–H and O–H groups in total. The van der Waals surface area contributed by atoms with Crippen LogP contribution in [0.25, 0.3) is 10.8 Å². The second-order valence-electron chi connectivity index (χ2n) is 5.49. The number of hydrogen-bond acceptors (Lipinski definition) is 4. The molecule has 2 aromatic rings. The summed E-state index contributed by atoms with van der Waals surface area (Å²) in [5.41, 5.74) is 0.599. The highest BCUT2D eigenvalue weighted by Crippen LogP contribution is 2.29. The zero-order chi connectivity index (χ0) is 17.6. The van der Waals surface area contributed by atoms with Gasteiger partial charge in [-0.3, -0.25) is 4.79 Å². The van der Waals surface area contributed by atoms with Crippen LogP contribution in [-0.2, 0) is 14.8 Å².